The van der Waals surface area contributed by atoms with Gasteiger partial charge < -0.3 is 15.4 Å². The summed E-state index contributed by atoms with van der Waals surface area (Å²) >= 11 is 0. The van der Waals surface area contributed by atoms with Gasteiger partial charge in [-0.05, 0) is 36.6 Å². The van der Waals surface area contributed by atoms with E-state index >= 15 is 0 Å². The second kappa shape index (κ2) is 8.17. The highest BCUT2D eigenvalue weighted by molar-refractivity contribution is 5.94. The summed E-state index contributed by atoms with van der Waals surface area (Å²) in [4.78, 5) is 16.4. The van der Waals surface area contributed by atoms with Gasteiger partial charge in [0, 0.05) is 30.1 Å². The van der Waals surface area contributed by atoms with Gasteiger partial charge in [-0.1, -0.05) is 19.9 Å². The first-order valence-corrected chi connectivity index (χ1v) is 7.74. The number of amides is 1. The van der Waals surface area contributed by atoms with Crippen LogP contribution in [0.3, 0.4) is 0 Å². The molecule has 5 nitrogen and oxygen atoms in total. The summed E-state index contributed by atoms with van der Waals surface area (Å²) in [5, 5.41) is 6.10. The molecule has 1 amide bonds. The van der Waals surface area contributed by atoms with Gasteiger partial charge in [-0.15, -0.1) is 0 Å². The molecule has 0 fully saturated rings. The monoisotopic (exact) mass is 313 g/mol. The lowest BCUT2D eigenvalue weighted by Gasteiger charge is -2.10. The van der Waals surface area contributed by atoms with E-state index < -0.39 is 0 Å². The minimum Gasteiger partial charge on any atom is -0.497 e. The van der Waals surface area contributed by atoms with Crippen LogP contribution in [-0.4, -0.2) is 24.5 Å². The Hall–Kier alpha value is -2.56. The van der Waals surface area contributed by atoms with Gasteiger partial charge in [0.05, 0.1) is 7.11 Å². The van der Waals surface area contributed by atoms with Gasteiger partial charge in [0.2, 0.25) is 0 Å². The van der Waals surface area contributed by atoms with E-state index in [2.05, 4.69) is 29.5 Å². The highest BCUT2D eigenvalue weighted by atomic mass is 16.5. The summed E-state index contributed by atoms with van der Waals surface area (Å²) in [7, 11) is 1.62. The highest BCUT2D eigenvalue weighted by Crippen LogP contribution is 2.20. The number of rotatable bonds is 7. The molecule has 2 rings (SSSR count). The molecule has 0 unspecified atom stereocenters. The number of hydrogen-bond acceptors (Lipinski definition) is 4. The molecule has 2 aromatic rings. The molecule has 1 heterocycles. The number of aromatic nitrogens is 1. The molecule has 0 saturated heterocycles. The van der Waals surface area contributed by atoms with Gasteiger partial charge in [0.25, 0.3) is 5.91 Å². The van der Waals surface area contributed by atoms with Gasteiger partial charge >= 0.3 is 0 Å². The summed E-state index contributed by atoms with van der Waals surface area (Å²) in [6, 6.07) is 11.0. The summed E-state index contributed by atoms with van der Waals surface area (Å²) < 4.78 is 5.19. The van der Waals surface area contributed by atoms with Crippen molar-refractivity contribution < 1.29 is 9.53 Å². The maximum atomic E-state index is 12.1. The van der Waals surface area contributed by atoms with E-state index in [4.69, 9.17) is 4.74 Å². The Morgan fingerprint density at radius 3 is 2.83 bits per heavy atom. The van der Waals surface area contributed by atoms with E-state index in [9.17, 15) is 4.79 Å². The maximum absolute atomic E-state index is 12.1. The molecule has 0 spiro atoms. The number of pyridine rings is 1. The molecule has 0 radical (unpaired) electrons. The number of anilines is 2. The van der Waals surface area contributed by atoms with Crippen LogP contribution < -0.4 is 15.4 Å². The lowest BCUT2D eigenvalue weighted by atomic mass is 10.1. The Kier molecular flexibility index (Phi) is 5.97. The summed E-state index contributed by atoms with van der Waals surface area (Å²) in [6.45, 7) is 4.95. The van der Waals surface area contributed by atoms with Crippen molar-refractivity contribution in [3.05, 3.63) is 48.2 Å². The van der Waals surface area contributed by atoms with Gasteiger partial charge in [-0.2, -0.15) is 0 Å². The molecule has 0 aliphatic heterocycles. The molecule has 0 atom stereocenters. The molecule has 2 N–H and O–H groups in total. The average molecular weight is 313 g/mol. The van der Waals surface area contributed by atoms with Crippen molar-refractivity contribution in [3.8, 4) is 5.75 Å². The molecule has 0 aliphatic carbocycles. The number of nitrogens with zero attached hydrogens (tertiary/aromatic N) is 1. The maximum Gasteiger partial charge on any atom is 0.251 e. The molecular weight excluding hydrogens is 290 g/mol. The van der Waals surface area contributed by atoms with E-state index in [0.29, 0.717) is 23.8 Å². The number of hydrogen-bond donors (Lipinski definition) is 2. The van der Waals surface area contributed by atoms with Crippen LogP contribution in [0.4, 0.5) is 11.5 Å². The van der Waals surface area contributed by atoms with Crippen molar-refractivity contribution in [3.63, 3.8) is 0 Å². The fourth-order valence-corrected chi connectivity index (χ4v) is 2.07. The minimum atomic E-state index is -0.0817. The van der Waals surface area contributed by atoms with Gasteiger partial charge in [-0.3, -0.25) is 4.79 Å². The van der Waals surface area contributed by atoms with E-state index in [1.165, 1.54) is 0 Å². The molecule has 1 aromatic heterocycles. The second-order valence-electron chi connectivity index (χ2n) is 5.73. The number of methoxy groups -OCH3 is 1. The molecule has 5 heteroatoms. The van der Waals surface area contributed by atoms with Crippen LogP contribution in [0.1, 0.15) is 30.6 Å². The van der Waals surface area contributed by atoms with Crippen LogP contribution in [-0.2, 0) is 0 Å². The minimum absolute atomic E-state index is 0.0817. The van der Waals surface area contributed by atoms with Gasteiger partial charge in [0.15, 0.2) is 0 Å². The first-order valence-electron chi connectivity index (χ1n) is 7.74. The van der Waals surface area contributed by atoms with Crippen LogP contribution in [0.5, 0.6) is 5.75 Å². The fraction of sp³-hybridized carbons (Fsp3) is 0.333. The van der Waals surface area contributed by atoms with Crippen molar-refractivity contribution in [1.82, 2.24) is 10.3 Å². The zero-order valence-corrected chi connectivity index (χ0v) is 13.8. The van der Waals surface area contributed by atoms with E-state index in [0.717, 1.165) is 17.9 Å². The summed E-state index contributed by atoms with van der Waals surface area (Å²) in [5.41, 5.74) is 1.45. The lowest BCUT2D eigenvalue weighted by Crippen LogP contribution is -2.25. The topological polar surface area (TPSA) is 63.2 Å². The first kappa shape index (κ1) is 16.8. The molecule has 23 heavy (non-hydrogen) atoms. The van der Waals surface area contributed by atoms with Crippen molar-refractivity contribution in [1.29, 1.82) is 0 Å². The predicted octanol–water partition coefficient (Wildman–Crippen LogP) is 3.61. The van der Waals surface area contributed by atoms with Crippen molar-refractivity contribution in [2.75, 3.05) is 19.0 Å². The van der Waals surface area contributed by atoms with Crippen molar-refractivity contribution in [2.24, 2.45) is 5.92 Å². The zero-order chi connectivity index (χ0) is 16.7. The highest BCUT2D eigenvalue weighted by Gasteiger charge is 2.07. The lowest BCUT2D eigenvalue weighted by molar-refractivity contribution is 0.0952. The number of ether oxygens (including phenoxy) is 1. The largest absolute Gasteiger partial charge is 0.497 e. The Balaban J connectivity index is 2.02. The van der Waals surface area contributed by atoms with E-state index in [-0.39, 0.29) is 5.91 Å². The molecule has 0 aliphatic rings. The Morgan fingerprint density at radius 2 is 2.09 bits per heavy atom. The fourth-order valence-electron chi connectivity index (χ4n) is 2.07. The zero-order valence-electron chi connectivity index (χ0n) is 13.8. The van der Waals surface area contributed by atoms with E-state index in [1.54, 1.807) is 25.4 Å². The molecule has 122 valence electrons. The molecule has 0 bridgehead atoms. The third-order valence-electron chi connectivity index (χ3n) is 3.37. The van der Waals surface area contributed by atoms with Crippen molar-refractivity contribution >= 4 is 17.4 Å². The first-order chi connectivity index (χ1) is 11.1. The van der Waals surface area contributed by atoms with Crippen molar-refractivity contribution in [2.45, 2.75) is 20.3 Å². The van der Waals surface area contributed by atoms with Crippen LogP contribution >= 0.6 is 0 Å². The molecule has 1 aromatic carbocycles. The standard InChI is InChI=1S/C18H23N3O2/c1-13(2)7-9-20-18(22)14-8-10-19-17(11-14)21-15-5-4-6-16(12-15)23-3/h4-6,8,10-13H,7,9H2,1-3H3,(H,19,21)(H,20,22). The summed E-state index contributed by atoms with van der Waals surface area (Å²) in [6.07, 6.45) is 2.59. The van der Waals surface area contributed by atoms with Gasteiger partial charge in [0.1, 0.15) is 11.6 Å². The Morgan fingerprint density at radius 1 is 1.26 bits per heavy atom. The summed E-state index contributed by atoms with van der Waals surface area (Å²) in [5.74, 6) is 1.87. The third-order valence-corrected chi connectivity index (χ3v) is 3.37. The van der Waals surface area contributed by atoms with Crippen LogP contribution in [0.25, 0.3) is 0 Å². The molecule has 0 saturated carbocycles. The molecular formula is C18H23N3O2. The second-order valence-corrected chi connectivity index (χ2v) is 5.73. The van der Waals surface area contributed by atoms with Gasteiger partial charge in [-0.25, -0.2) is 4.98 Å². The predicted molar refractivity (Wildman–Crippen MR) is 92.3 cm³/mol. The van der Waals surface area contributed by atoms with Crippen LogP contribution in [0.2, 0.25) is 0 Å². The van der Waals surface area contributed by atoms with E-state index in [1.807, 2.05) is 24.3 Å². The third kappa shape index (κ3) is 5.29. The smallest absolute Gasteiger partial charge is 0.251 e. The quantitative estimate of drug-likeness (QED) is 0.819. The Labute approximate surface area is 137 Å². The number of nitrogens with one attached hydrogen (secondary N) is 2. The van der Waals surface area contributed by atoms with Crippen LogP contribution in [0, 0.1) is 5.92 Å². The Bertz CT molecular complexity index is 656. The number of carbonyl (C=O) groups is 1. The SMILES string of the molecule is COc1cccc(Nc2cc(C(=O)NCCC(C)C)ccn2)c1. The number of benzene rings is 1. The van der Waals surface area contributed by atoms with Crippen LogP contribution in [0.15, 0.2) is 42.6 Å². The average Bonchev–Trinajstić information content (AvgIpc) is 2.55. The normalized spacial score (nSPS) is 10.4. The number of carbonyl (C=O) groups excluding carboxylic acids is 1.